The Bertz CT molecular complexity index is 174. The molecule has 13 heavy (non-hydrogen) atoms. The van der Waals surface area contributed by atoms with Crippen molar-refractivity contribution in [2.45, 2.75) is 32.8 Å². The van der Waals surface area contributed by atoms with Crippen LogP contribution in [0.15, 0.2) is 12.2 Å². The van der Waals surface area contributed by atoms with E-state index in [4.69, 9.17) is 0 Å². The SMILES string of the molecule is C=C(C)C([CH2-])(C)C[C@](C)(O)C[O-].[Mg+2]. The summed E-state index contributed by atoms with van der Waals surface area (Å²) in [6.07, 6.45) is 0.360. The first-order valence-corrected chi connectivity index (χ1v) is 4.03. The summed E-state index contributed by atoms with van der Waals surface area (Å²) in [6.45, 7) is 12.4. The van der Waals surface area contributed by atoms with Crippen molar-refractivity contribution in [1.82, 2.24) is 0 Å². The normalized spacial score (nSPS) is 19.5. The Hall–Kier alpha value is 0.426. The van der Waals surface area contributed by atoms with Crippen LogP contribution >= 0.6 is 0 Å². The molecule has 1 unspecified atom stereocenters. The first-order valence-electron chi connectivity index (χ1n) is 4.03. The van der Waals surface area contributed by atoms with Gasteiger partial charge in [0, 0.05) is 5.60 Å². The number of aliphatic hydroxyl groups is 1. The fourth-order valence-electron chi connectivity index (χ4n) is 1.04. The maximum absolute atomic E-state index is 10.5. The largest absolute Gasteiger partial charge is 2.00 e. The molecule has 72 valence electrons. The molecular weight excluding hydrogens is 176 g/mol. The number of rotatable bonds is 4. The maximum atomic E-state index is 10.5. The van der Waals surface area contributed by atoms with Gasteiger partial charge in [0.05, 0.1) is 0 Å². The molecule has 0 radical (unpaired) electrons. The van der Waals surface area contributed by atoms with Gasteiger partial charge in [0.15, 0.2) is 0 Å². The summed E-state index contributed by atoms with van der Waals surface area (Å²) in [5.74, 6) is 0. The Morgan fingerprint density at radius 3 is 2.15 bits per heavy atom. The number of hydrogen-bond donors (Lipinski definition) is 1. The van der Waals surface area contributed by atoms with Crippen LogP contribution in [0.4, 0.5) is 0 Å². The molecule has 1 N–H and O–H groups in total. The van der Waals surface area contributed by atoms with Gasteiger partial charge in [-0.3, -0.25) is 0 Å². The fourth-order valence-corrected chi connectivity index (χ4v) is 1.04. The first-order chi connectivity index (χ1) is 5.21. The minimum Gasteiger partial charge on any atom is -0.852 e. The van der Waals surface area contributed by atoms with E-state index in [1.165, 1.54) is 6.92 Å². The summed E-state index contributed by atoms with van der Waals surface area (Å²) in [4.78, 5) is 0. The molecule has 0 aromatic heterocycles. The summed E-state index contributed by atoms with van der Waals surface area (Å²) < 4.78 is 0. The molecule has 0 bridgehead atoms. The third-order valence-electron chi connectivity index (χ3n) is 2.11. The van der Waals surface area contributed by atoms with Crippen molar-refractivity contribution >= 4 is 23.1 Å². The first kappa shape index (κ1) is 15.9. The Kier molecular flexibility index (Phi) is 6.53. The molecular formula is C10H18MgO2. The summed E-state index contributed by atoms with van der Waals surface area (Å²) in [6, 6.07) is 0. The van der Waals surface area contributed by atoms with E-state index in [0.717, 1.165) is 5.57 Å². The topological polar surface area (TPSA) is 43.3 Å². The van der Waals surface area contributed by atoms with Crippen molar-refractivity contribution in [1.29, 1.82) is 0 Å². The van der Waals surface area contributed by atoms with Gasteiger partial charge in [-0.2, -0.15) is 0 Å². The van der Waals surface area contributed by atoms with Gasteiger partial charge >= 0.3 is 23.1 Å². The van der Waals surface area contributed by atoms with E-state index in [0.29, 0.717) is 6.42 Å². The zero-order chi connectivity index (χ0) is 9.99. The van der Waals surface area contributed by atoms with Crippen molar-refractivity contribution in [3.05, 3.63) is 19.1 Å². The molecule has 0 aromatic carbocycles. The zero-order valence-electron chi connectivity index (χ0n) is 8.89. The summed E-state index contributed by atoms with van der Waals surface area (Å²) >= 11 is 0. The van der Waals surface area contributed by atoms with Gasteiger partial charge in [0.2, 0.25) is 0 Å². The molecule has 0 aliphatic rings. The molecule has 0 spiro atoms. The van der Waals surface area contributed by atoms with E-state index in [1.54, 1.807) is 0 Å². The zero-order valence-corrected chi connectivity index (χ0v) is 10.3. The third-order valence-corrected chi connectivity index (χ3v) is 2.11. The minimum atomic E-state index is -1.17. The van der Waals surface area contributed by atoms with Crippen molar-refractivity contribution in [2.75, 3.05) is 6.61 Å². The second-order valence-corrected chi connectivity index (χ2v) is 4.16. The van der Waals surface area contributed by atoms with Gasteiger partial charge in [-0.1, -0.05) is 6.92 Å². The molecule has 0 heterocycles. The maximum Gasteiger partial charge on any atom is 2.00 e. The third kappa shape index (κ3) is 5.68. The second-order valence-electron chi connectivity index (χ2n) is 4.16. The minimum absolute atomic E-state index is 0. The van der Waals surface area contributed by atoms with E-state index >= 15 is 0 Å². The smallest absolute Gasteiger partial charge is 0.852 e. The fraction of sp³-hybridized carbons (Fsp3) is 0.700. The molecule has 0 saturated carbocycles. The van der Waals surface area contributed by atoms with Crippen LogP contribution in [0.3, 0.4) is 0 Å². The molecule has 2 nitrogen and oxygen atoms in total. The quantitative estimate of drug-likeness (QED) is 0.403. The van der Waals surface area contributed by atoms with E-state index in [1.807, 2.05) is 13.8 Å². The Balaban J connectivity index is 0. The van der Waals surface area contributed by atoms with Gasteiger partial charge in [-0.25, -0.2) is 0 Å². The van der Waals surface area contributed by atoms with Crippen LogP contribution in [-0.4, -0.2) is 40.4 Å². The molecule has 0 rings (SSSR count). The van der Waals surface area contributed by atoms with E-state index in [9.17, 15) is 10.2 Å². The van der Waals surface area contributed by atoms with Crippen LogP contribution in [0.1, 0.15) is 27.2 Å². The van der Waals surface area contributed by atoms with E-state index in [2.05, 4.69) is 13.5 Å². The Labute approximate surface area is 97.2 Å². The molecule has 0 aromatic rings. The molecule has 3 heteroatoms. The van der Waals surface area contributed by atoms with E-state index < -0.39 is 17.6 Å². The summed E-state index contributed by atoms with van der Waals surface area (Å²) in [5.41, 5.74) is -0.695. The standard InChI is InChI=1S/C10H18O2.Mg/c1-8(2)9(3,4)6-10(5,12)7-11;/h12H,1,3,6-7H2,2,4-5H3;/q-2;+2/t9?,10-;/m0./s1. The van der Waals surface area contributed by atoms with Crippen molar-refractivity contribution in [3.63, 3.8) is 0 Å². The Morgan fingerprint density at radius 2 is 1.92 bits per heavy atom. The van der Waals surface area contributed by atoms with Crippen LogP contribution in [0, 0.1) is 12.3 Å². The van der Waals surface area contributed by atoms with E-state index in [-0.39, 0.29) is 23.1 Å². The van der Waals surface area contributed by atoms with Crippen LogP contribution in [0.25, 0.3) is 0 Å². The van der Waals surface area contributed by atoms with Crippen LogP contribution in [0.2, 0.25) is 0 Å². The van der Waals surface area contributed by atoms with Crippen LogP contribution in [0.5, 0.6) is 0 Å². The monoisotopic (exact) mass is 194 g/mol. The van der Waals surface area contributed by atoms with Gasteiger partial charge in [0.1, 0.15) is 0 Å². The molecule has 0 aliphatic carbocycles. The van der Waals surface area contributed by atoms with Crippen molar-refractivity contribution in [2.24, 2.45) is 5.41 Å². The number of hydrogen-bond acceptors (Lipinski definition) is 2. The molecule has 0 amide bonds. The predicted molar refractivity (Wildman–Crippen MR) is 54.1 cm³/mol. The van der Waals surface area contributed by atoms with Gasteiger partial charge in [-0.15, -0.1) is 24.2 Å². The van der Waals surface area contributed by atoms with Gasteiger partial charge in [0.25, 0.3) is 0 Å². The van der Waals surface area contributed by atoms with Crippen molar-refractivity contribution < 1.29 is 10.2 Å². The predicted octanol–water partition coefficient (Wildman–Crippen LogP) is 0.523. The van der Waals surface area contributed by atoms with Crippen molar-refractivity contribution in [3.8, 4) is 0 Å². The van der Waals surface area contributed by atoms with Gasteiger partial charge < -0.3 is 17.1 Å². The summed E-state index contributed by atoms with van der Waals surface area (Å²) in [7, 11) is 0. The molecule has 0 saturated heterocycles. The molecule has 0 fully saturated rings. The number of allylic oxidation sites excluding steroid dienone is 1. The summed E-state index contributed by atoms with van der Waals surface area (Å²) in [5, 5.41) is 20.1. The Morgan fingerprint density at radius 1 is 1.54 bits per heavy atom. The second kappa shape index (κ2) is 5.34. The molecule has 2 atom stereocenters. The average Bonchev–Trinajstić information content (AvgIpc) is 1.85. The molecule has 0 aliphatic heterocycles. The van der Waals surface area contributed by atoms with Gasteiger partial charge in [-0.05, 0) is 20.3 Å². The van der Waals surface area contributed by atoms with Crippen LogP contribution < -0.4 is 5.11 Å². The average molecular weight is 195 g/mol. The van der Waals surface area contributed by atoms with Crippen LogP contribution in [-0.2, 0) is 0 Å².